The molecular formula is C25H35FN2O4S. The van der Waals surface area contributed by atoms with E-state index in [9.17, 15) is 19.4 Å². The largest absolute Gasteiger partial charge is 0.497 e. The highest BCUT2D eigenvalue weighted by Gasteiger charge is 2.34. The topological polar surface area (TPSA) is 82.9 Å². The van der Waals surface area contributed by atoms with E-state index in [-0.39, 0.29) is 11.5 Å². The van der Waals surface area contributed by atoms with Gasteiger partial charge in [0.25, 0.3) is 0 Å². The first kappa shape index (κ1) is 25.7. The zero-order valence-corrected chi connectivity index (χ0v) is 20.3. The second-order valence-corrected chi connectivity index (χ2v) is 9.98. The van der Waals surface area contributed by atoms with E-state index in [4.69, 9.17) is 4.74 Å². The van der Waals surface area contributed by atoms with Crippen molar-refractivity contribution >= 4 is 28.6 Å². The van der Waals surface area contributed by atoms with Gasteiger partial charge in [-0.1, -0.05) is 13.3 Å². The molecule has 8 heteroatoms. The SMILES string of the molecule is CCCCSCCN1CCC(CC[C@@H](O)c2c(F)cnc3ccc(OC)cc23)C(C(=O)O)C1. The number of piperidine rings is 1. The van der Waals surface area contributed by atoms with Gasteiger partial charge in [0.05, 0.1) is 30.8 Å². The number of benzene rings is 1. The van der Waals surface area contributed by atoms with Gasteiger partial charge in [-0.3, -0.25) is 9.78 Å². The number of carbonyl (C=O) groups is 1. The van der Waals surface area contributed by atoms with E-state index >= 15 is 0 Å². The van der Waals surface area contributed by atoms with Crippen molar-refractivity contribution in [3.63, 3.8) is 0 Å². The molecule has 182 valence electrons. The summed E-state index contributed by atoms with van der Waals surface area (Å²) in [6.07, 6.45) is 4.11. The van der Waals surface area contributed by atoms with Gasteiger partial charge in [-0.05, 0) is 62.1 Å². The smallest absolute Gasteiger partial charge is 0.308 e. The average Bonchev–Trinajstić information content (AvgIpc) is 2.82. The molecule has 0 amide bonds. The maximum Gasteiger partial charge on any atom is 0.308 e. The third kappa shape index (κ3) is 6.80. The highest BCUT2D eigenvalue weighted by molar-refractivity contribution is 7.99. The molecule has 1 fully saturated rings. The number of likely N-dealkylation sites (tertiary alicyclic amines) is 1. The standard InChI is InChI=1S/C25H35FN2O4S/c1-3-4-12-33-13-11-28-10-9-17(20(16-28)25(30)31)5-8-23(29)24-19-14-18(32-2)6-7-22(19)27-15-21(24)26/h6-7,14-15,17,20,23,29H,3-5,8-13,16H2,1-2H3,(H,30,31)/t17?,20?,23-/m1/s1. The maximum atomic E-state index is 14.7. The zero-order chi connectivity index (χ0) is 23.8. The number of aliphatic hydroxyl groups is 1. The quantitative estimate of drug-likeness (QED) is 0.426. The number of pyridine rings is 1. The van der Waals surface area contributed by atoms with Crippen LogP contribution in [0.5, 0.6) is 5.75 Å². The van der Waals surface area contributed by atoms with Crippen molar-refractivity contribution < 1.29 is 24.1 Å². The minimum atomic E-state index is -1.04. The molecule has 2 N–H and O–H groups in total. The van der Waals surface area contributed by atoms with Crippen LogP contribution in [0.25, 0.3) is 10.9 Å². The Kier molecular flexibility index (Phi) is 9.77. The molecule has 0 radical (unpaired) electrons. The molecule has 2 aromatic rings. The molecule has 1 aliphatic rings. The summed E-state index contributed by atoms with van der Waals surface area (Å²) in [5.74, 6) is 0.885. The van der Waals surface area contributed by atoms with E-state index in [1.54, 1.807) is 18.2 Å². The van der Waals surface area contributed by atoms with E-state index in [0.29, 0.717) is 36.0 Å². The van der Waals surface area contributed by atoms with Crippen molar-refractivity contribution in [2.45, 2.75) is 45.1 Å². The Labute approximate surface area is 199 Å². The van der Waals surface area contributed by atoms with Gasteiger partial charge in [0.15, 0.2) is 0 Å². The van der Waals surface area contributed by atoms with E-state index in [0.717, 1.165) is 37.2 Å². The summed E-state index contributed by atoms with van der Waals surface area (Å²) in [5, 5.41) is 21.2. The molecule has 1 aliphatic heterocycles. The van der Waals surface area contributed by atoms with Crippen LogP contribution in [0.4, 0.5) is 4.39 Å². The number of thioether (sulfide) groups is 1. The van der Waals surface area contributed by atoms with Crippen LogP contribution in [0.2, 0.25) is 0 Å². The molecule has 6 nitrogen and oxygen atoms in total. The molecule has 1 saturated heterocycles. The van der Waals surface area contributed by atoms with Crippen LogP contribution < -0.4 is 4.74 Å². The minimum Gasteiger partial charge on any atom is -0.497 e. The molecule has 33 heavy (non-hydrogen) atoms. The number of aliphatic carboxylic acids is 1. The lowest BCUT2D eigenvalue weighted by Gasteiger charge is -2.37. The summed E-state index contributed by atoms with van der Waals surface area (Å²) < 4.78 is 19.9. The lowest BCUT2D eigenvalue weighted by Crippen LogP contribution is -2.44. The van der Waals surface area contributed by atoms with Crippen molar-refractivity contribution in [1.29, 1.82) is 0 Å². The number of ether oxygens (including phenoxy) is 1. The van der Waals surface area contributed by atoms with Gasteiger partial charge in [0, 0.05) is 29.8 Å². The molecule has 3 atom stereocenters. The lowest BCUT2D eigenvalue weighted by atomic mass is 9.81. The summed E-state index contributed by atoms with van der Waals surface area (Å²) in [6, 6.07) is 5.17. The monoisotopic (exact) mass is 478 g/mol. The van der Waals surface area contributed by atoms with Gasteiger partial charge in [-0.2, -0.15) is 11.8 Å². The van der Waals surface area contributed by atoms with E-state index in [2.05, 4.69) is 16.8 Å². The van der Waals surface area contributed by atoms with Gasteiger partial charge in [-0.15, -0.1) is 0 Å². The Morgan fingerprint density at radius 3 is 2.94 bits per heavy atom. The number of halogens is 1. The predicted octanol–water partition coefficient (Wildman–Crippen LogP) is 4.75. The molecule has 1 aromatic heterocycles. The number of rotatable bonds is 12. The number of fused-ring (bicyclic) bond motifs is 1. The van der Waals surface area contributed by atoms with Gasteiger partial charge in [0.2, 0.25) is 0 Å². The highest BCUT2D eigenvalue weighted by atomic mass is 32.2. The molecule has 3 rings (SSSR count). The van der Waals surface area contributed by atoms with Crippen LogP contribution in [0, 0.1) is 17.7 Å². The summed E-state index contributed by atoms with van der Waals surface area (Å²) in [5.41, 5.74) is 0.784. The Morgan fingerprint density at radius 2 is 2.21 bits per heavy atom. The van der Waals surface area contributed by atoms with Crippen LogP contribution in [0.1, 0.15) is 50.7 Å². The lowest BCUT2D eigenvalue weighted by molar-refractivity contribution is -0.146. The molecule has 2 heterocycles. The number of carboxylic acid groups (broad SMARTS) is 1. The van der Waals surface area contributed by atoms with Crippen LogP contribution >= 0.6 is 11.8 Å². The minimum absolute atomic E-state index is 0.0353. The molecule has 0 spiro atoms. The maximum absolute atomic E-state index is 14.7. The van der Waals surface area contributed by atoms with Crippen LogP contribution in [0.3, 0.4) is 0 Å². The van der Waals surface area contributed by atoms with Crippen molar-refractivity contribution in [3.8, 4) is 5.75 Å². The van der Waals surface area contributed by atoms with E-state index < -0.39 is 23.8 Å². The van der Waals surface area contributed by atoms with Gasteiger partial charge >= 0.3 is 5.97 Å². The molecule has 2 unspecified atom stereocenters. The van der Waals surface area contributed by atoms with Crippen LogP contribution in [-0.4, -0.2) is 64.3 Å². The molecule has 1 aromatic carbocycles. The van der Waals surface area contributed by atoms with Crippen molar-refractivity contribution in [2.75, 3.05) is 38.2 Å². The highest BCUT2D eigenvalue weighted by Crippen LogP contribution is 2.35. The number of hydrogen-bond acceptors (Lipinski definition) is 6. The second kappa shape index (κ2) is 12.5. The Morgan fingerprint density at radius 1 is 1.39 bits per heavy atom. The number of carboxylic acids is 1. The number of hydrogen-bond donors (Lipinski definition) is 2. The van der Waals surface area contributed by atoms with Crippen LogP contribution in [0.15, 0.2) is 24.4 Å². The van der Waals surface area contributed by atoms with Gasteiger partial charge < -0.3 is 19.8 Å². The Bertz CT molecular complexity index is 929. The first-order valence-electron chi connectivity index (χ1n) is 11.8. The third-order valence-corrected chi connectivity index (χ3v) is 7.61. The molecule has 0 aliphatic carbocycles. The molecular weight excluding hydrogens is 443 g/mol. The first-order valence-corrected chi connectivity index (χ1v) is 12.9. The fraction of sp³-hybridized carbons (Fsp3) is 0.600. The molecule has 0 bridgehead atoms. The summed E-state index contributed by atoms with van der Waals surface area (Å²) in [7, 11) is 1.53. The van der Waals surface area contributed by atoms with Crippen LogP contribution in [-0.2, 0) is 4.79 Å². The summed E-state index contributed by atoms with van der Waals surface area (Å²) in [6.45, 7) is 4.49. The van der Waals surface area contributed by atoms with Crippen molar-refractivity contribution in [2.24, 2.45) is 11.8 Å². The summed E-state index contributed by atoms with van der Waals surface area (Å²) in [4.78, 5) is 18.3. The summed E-state index contributed by atoms with van der Waals surface area (Å²) >= 11 is 1.93. The normalized spacial score (nSPS) is 20.1. The van der Waals surface area contributed by atoms with E-state index in [1.807, 2.05) is 11.8 Å². The number of aliphatic hydroxyl groups excluding tert-OH is 1. The van der Waals surface area contributed by atoms with Gasteiger partial charge in [0.1, 0.15) is 11.6 Å². The fourth-order valence-electron chi connectivity index (χ4n) is 4.59. The number of methoxy groups -OCH3 is 1. The molecule has 0 saturated carbocycles. The zero-order valence-electron chi connectivity index (χ0n) is 19.5. The average molecular weight is 479 g/mol. The number of nitrogens with zero attached hydrogens (tertiary/aromatic N) is 2. The Balaban J connectivity index is 1.62. The fourth-order valence-corrected chi connectivity index (χ4v) is 5.67. The van der Waals surface area contributed by atoms with Crippen molar-refractivity contribution in [1.82, 2.24) is 9.88 Å². The van der Waals surface area contributed by atoms with Gasteiger partial charge in [-0.25, -0.2) is 4.39 Å². The van der Waals surface area contributed by atoms with E-state index in [1.165, 1.54) is 20.0 Å². The first-order chi connectivity index (χ1) is 15.9. The van der Waals surface area contributed by atoms with Crippen molar-refractivity contribution in [3.05, 3.63) is 35.8 Å². The predicted molar refractivity (Wildman–Crippen MR) is 130 cm³/mol. The third-order valence-electron chi connectivity index (χ3n) is 6.56. The Hall–Kier alpha value is -1.90. The second-order valence-electron chi connectivity index (χ2n) is 8.76. The number of aromatic nitrogens is 1. The number of unbranched alkanes of at least 4 members (excludes halogenated alkanes) is 1.